The summed E-state index contributed by atoms with van der Waals surface area (Å²) in [6.45, 7) is 3.53. The van der Waals surface area contributed by atoms with Gasteiger partial charge >= 0.3 is 0 Å². The summed E-state index contributed by atoms with van der Waals surface area (Å²) in [5, 5.41) is 0. The topological polar surface area (TPSA) is 61.9 Å². The normalized spacial score (nSPS) is 15.3. The average molecular weight is 256 g/mol. The van der Waals surface area contributed by atoms with Gasteiger partial charge in [0, 0.05) is 37.1 Å². The van der Waals surface area contributed by atoms with E-state index in [1.807, 2.05) is 24.0 Å². The number of carbonyl (C=O) groups is 1. The second-order valence-corrected chi connectivity index (χ2v) is 4.93. The molecule has 1 N–H and O–H groups in total. The molecule has 0 saturated carbocycles. The number of aromatic nitrogens is 3. The van der Waals surface area contributed by atoms with Gasteiger partial charge in [-0.25, -0.2) is 4.98 Å². The number of rotatable bonds is 3. The summed E-state index contributed by atoms with van der Waals surface area (Å²) in [6, 6.07) is 4.04. The van der Waals surface area contributed by atoms with Crippen molar-refractivity contribution in [3.8, 4) is 0 Å². The molecule has 3 rings (SSSR count). The molecule has 1 saturated heterocycles. The summed E-state index contributed by atoms with van der Waals surface area (Å²) in [4.78, 5) is 25.1. The summed E-state index contributed by atoms with van der Waals surface area (Å²) < 4.78 is 0. The summed E-state index contributed by atoms with van der Waals surface area (Å²) in [6.07, 6.45) is 5.62. The van der Waals surface area contributed by atoms with Gasteiger partial charge in [0.1, 0.15) is 0 Å². The zero-order chi connectivity index (χ0) is 13.2. The highest BCUT2D eigenvalue weighted by Crippen LogP contribution is 2.26. The fourth-order valence-corrected chi connectivity index (χ4v) is 2.35. The molecule has 0 aromatic carbocycles. The number of imidazole rings is 1. The first-order valence-electron chi connectivity index (χ1n) is 6.40. The molecule has 5 nitrogen and oxygen atoms in total. The van der Waals surface area contributed by atoms with Gasteiger partial charge in [0.15, 0.2) is 0 Å². The quantitative estimate of drug-likeness (QED) is 0.900. The maximum absolute atomic E-state index is 12.1. The summed E-state index contributed by atoms with van der Waals surface area (Å²) in [5.74, 6) is 0.604. The lowest BCUT2D eigenvalue weighted by Crippen LogP contribution is -2.49. The van der Waals surface area contributed by atoms with E-state index in [-0.39, 0.29) is 5.91 Å². The predicted octanol–water partition coefficient (Wildman–Crippen LogP) is 1.28. The molecule has 2 aromatic rings. The third-order valence-corrected chi connectivity index (χ3v) is 3.66. The highest BCUT2D eigenvalue weighted by atomic mass is 16.2. The number of hydrogen-bond acceptors (Lipinski definition) is 3. The Morgan fingerprint density at radius 2 is 2.16 bits per heavy atom. The number of carbonyl (C=O) groups excluding carboxylic acids is 1. The number of H-pyrrole nitrogens is 1. The standard InChI is InChI=1S/C14H16N4O/c1-10-13(17-9-16-10)6-14(19)18-7-12(8-18)11-2-4-15-5-3-11/h2-5,9,12H,6-8H2,1H3,(H,16,17). The Morgan fingerprint density at radius 3 is 2.79 bits per heavy atom. The Bertz CT molecular complexity index is 572. The van der Waals surface area contributed by atoms with Crippen LogP contribution in [0, 0.1) is 6.92 Å². The third-order valence-electron chi connectivity index (χ3n) is 3.66. The number of nitrogens with zero attached hydrogens (tertiary/aromatic N) is 3. The van der Waals surface area contributed by atoms with Gasteiger partial charge in [-0.3, -0.25) is 9.78 Å². The number of likely N-dealkylation sites (tertiary alicyclic amines) is 1. The van der Waals surface area contributed by atoms with E-state index in [2.05, 4.69) is 15.0 Å². The zero-order valence-corrected chi connectivity index (χ0v) is 10.8. The van der Waals surface area contributed by atoms with Gasteiger partial charge in [0.05, 0.1) is 18.4 Å². The van der Waals surface area contributed by atoms with Gasteiger partial charge in [0.2, 0.25) is 5.91 Å². The monoisotopic (exact) mass is 256 g/mol. The Labute approximate surface area is 111 Å². The number of nitrogens with one attached hydrogen (secondary N) is 1. The highest BCUT2D eigenvalue weighted by molar-refractivity contribution is 5.79. The Morgan fingerprint density at radius 1 is 1.42 bits per heavy atom. The van der Waals surface area contributed by atoms with Crippen molar-refractivity contribution >= 4 is 5.91 Å². The molecule has 1 aliphatic rings. The molecule has 3 heterocycles. The minimum absolute atomic E-state index is 0.153. The van der Waals surface area contributed by atoms with Crippen molar-refractivity contribution in [2.75, 3.05) is 13.1 Å². The first-order valence-corrected chi connectivity index (χ1v) is 6.40. The van der Waals surface area contributed by atoms with E-state index < -0.39 is 0 Å². The van der Waals surface area contributed by atoms with Crippen molar-refractivity contribution < 1.29 is 4.79 Å². The van der Waals surface area contributed by atoms with Crippen LogP contribution >= 0.6 is 0 Å². The van der Waals surface area contributed by atoms with Crippen molar-refractivity contribution in [1.29, 1.82) is 0 Å². The molecule has 0 spiro atoms. The summed E-state index contributed by atoms with van der Waals surface area (Å²) in [5.41, 5.74) is 3.08. The van der Waals surface area contributed by atoms with Crippen LogP contribution in [0.5, 0.6) is 0 Å². The first-order chi connectivity index (χ1) is 9.24. The van der Waals surface area contributed by atoms with Crippen LogP contribution < -0.4 is 0 Å². The van der Waals surface area contributed by atoms with Crippen LogP contribution in [0.25, 0.3) is 0 Å². The number of hydrogen-bond donors (Lipinski definition) is 1. The van der Waals surface area contributed by atoms with Crippen LogP contribution in [-0.4, -0.2) is 38.8 Å². The van der Waals surface area contributed by atoms with Crippen molar-refractivity contribution in [2.24, 2.45) is 0 Å². The SMILES string of the molecule is Cc1[nH]cnc1CC(=O)N1CC(c2ccncc2)C1. The second kappa shape index (κ2) is 4.84. The van der Waals surface area contributed by atoms with Gasteiger partial charge in [-0.1, -0.05) is 0 Å². The van der Waals surface area contributed by atoms with Crippen LogP contribution in [0.2, 0.25) is 0 Å². The highest BCUT2D eigenvalue weighted by Gasteiger charge is 2.31. The van der Waals surface area contributed by atoms with E-state index in [9.17, 15) is 4.79 Å². The van der Waals surface area contributed by atoms with Gasteiger partial charge in [-0.2, -0.15) is 0 Å². The molecular weight excluding hydrogens is 240 g/mol. The van der Waals surface area contributed by atoms with E-state index >= 15 is 0 Å². The molecule has 0 atom stereocenters. The lowest BCUT2D eigenvalue weighted by atomic mass is 9.92. The number of aromatic amines is 1. The van der Waals surface area contributed by atoms with Gasteiger partial charge in [-0.05, 0) is 24.6 Å². The molecule has 98 valence electrons. The lowest BCUT2D eigenvalue weighted by Gasteiger charge is -2.39. The molecule has 0 unspecified atom stereocenters. The molecule has 5 heteroatoms. The van der Waals surface area contributed by atoms with Crippen LogP contribution in [0.4, 0.5) is 0 Å². The van der Waals surface area contributed by atoms with Crippen LogP contribution in [0.3, 0.4) is 0 Å². The van der Waals surface area contributed by atoms with E-state index in [1.54, 1.807) is 18.7 Å². The fourth-order valence-electron chi connectivity index (χ4n) is 2.35. The molecule has 0 aliphatic carbocycles. The molecular formula is C14H16N4O. The second-order valence-electron chi connectivity index (χ2n) is 4.93. The maximum Gasteiger partial charge on any atom is 0.228 e. The van der Waals surface area contributed by atoms with Gasteiger partial charge in [-0.15, -0.1) is 0 Å². The third kappa shape index (κ3) is 2.36. The average Bonchev–Trinajstić information content (AvgIpc) is 2.74. The van der Waals surface area contributed by atoms with E-state index in [0.29, 0.717) is 12.3 Å². The van der Waals surface area contributed by atoms with E-state index in [4.69, 9.17) is 0 Å². The maximum atomic E-state index is 12.1. The zero-order valence-electron chi connectivity index (χ0n) is 10.8. The summed E-state index contributed by atoms with van der Waals surface area (Å²) in [7, 11) is 0. The summed E-state index contributed by atoms with van der Waals surface area (Å²) >= 11 is 0. The van der Waals surface area contributed by atoms with Crippen molar-refractivity contribution in [2.45, 2.75) is 19.3 Å². The predicted molar refractivity (Wildman–Crippen MR) is 70.6 cm³/mol. The van der Waals surface area contributed by atoms with Crippen LogP contribution in [0.1, 0.15) is 22.9 Å². The van der Waals surface area contributed by atoms with Gasteiger partial charge < -0.3 is 9.88 Å². The van der Waals surface area contributed by atoms with Crippen LogP contribution in [0.15, 0.2) is 30.9 Å². The fraction of sp³-hybridized carbons (Fsp3) is 0.357. The van der Waals surface area contributed by atoms with Gasteiger partial charge in [0.25, 0.3) is 0 Å². The Kier molecular flexibility index (Phi) is 3.03. The minimum atomic E-state index is 0.153. The molecule has 1 fully saturated rings. The molecule has 19 heavy (non-hydrogen) atoms. The largest absolute Gasteiger partial charge is 0.348 e. The smallest absolute Gasteiger partial charge is 0.228 e. The van der Waals surface area contributed by atoms with E-state index in [0.717, 1.165) is 24.5 Å². The van der Waals surface area contributed by atoms with Crippen molar-refractivity contribution in [3.05, 3.63) is 47.8 Å². The van der Waals surface area contributed by atoms with Crippen molar-refractivity contribution in [1.82, 2.24) is 19.9 Å². The van der Waals surface area contributed by atoms with E-state index in [1.165, 1.54) is 5.56 Å². The number of pyridine rings is 1. The number of aryl methyl sites for hydroxylation is 1. The lowest BCUT2D eigenvalue weighted by molar-refractivity contribution is -0.134. The number of amides is 1. The molecule has 2 aromatic heterocycles. The molecule has 1 aliphatic heterocycles. The van der Waals surface area contributed by atoms with Crippen LogP contribution in [-0.2, 0) is 11.2 Å². The minimum Gasteiger partial charge on any atom is -0.348 e. The molecule has 0 bridgehead atoms. The molecule has 1 amide bonds. The Hall–Kier alpha value is -2.17. The Balaban J connectivity index is 1.56. The first kappa shape index (κ1) is 11.9. The molecule has 0 radical (unpaired) electrons. The van der Waals surface area contributed by atoms with Crippen molar-refractivity contribution in [3.63, 3.8) is 0 Å².